The molecule has 1 aliphatic carbocycles. The molecule has 0 aromatic rings. The zero-order valence-corrected chi connectivity index (χ0v) is 14.0. The normalized spacial score (nSPS) is 27.1. The standard InChI is InChI=1S/C14H27ClN2O2S/c1-13-6-5-10-16(12-13)20(18,19)17(11-9-15)14-7-3-2-4-8-14/h13-14H,2-12H2,1H3. The molecule has 0 spiro atoms. The highest BCUT2D eigenvalue weighted by Gasteiger charge is 2.36. The molecular weight excluding hydrogens is 296 g/mol. The van der Waals surface area contributed by atoms with E-state index in [0.29, 0.717) is 31.4 Å². The first-order valence-electron chi connectivity index (χ1n) is 7.88. The van der Waals surface area contributed by atoms with Crippen molar-refractivity contribution in [3.8, 4) is 0 Å². The van der Waals surface area contributed by atoms with Crippen LogP contribution in [0.5, 0.6) is 0 Å². The summed E-state index contributed by atoms with van der Waals surface area (Å²) in [6.07, 6.45) is 7.57. The van der Waals surface area contributed by atoms with E-state index in [-0.39, 0.29) is 6.04 Å². The van der Waals surface area contributed by atoms with Gasteiger partial charge in [-0.05, 0) is 31.6 Å². The average molecular weight is 323 g/mol. The van der Waals surface area contributed by atoms with Crippen LogP contribution in [-0.4, -0.2) is 48.6 Å². The predicted molar refractivity (Wildman–Crippen MR) is 83.2 cm³/mol. The summed E-state index contributed by atoms with van der Waals surface area (Å²) in [5.41, 5.74) is 0. The van der Waals surface area contributed by atoms with Crippen molar-refractivity contribution < 1.29 is 8.42 Å². The van der Waals surface area contributed by atoms with Crippen LogP contribution in [0.15, 0.2) is 0 Å². The smallest absolute Gasteiger partial charge is 0.195 e. The van der Waals surface area contributed by atoms with E-state index >= 15 is 0 Å². The lowest BCUT2D eigenvalue weighted by atomic mass is 9.95. The molecule has 0 aromatic carbocycles. The quantitative estimate of drug-likeness (QED) is 0.730. The van der Waals surface area contributed by atoms with Gasteiger partial charge in [0, 0.05) is 31.6 Å². The van der Waals surface area contributed by atoms with Crippen LogP contribution in [0.1, 0.15) is 51.9 Å². The van der Waals surface area contributed by atoms with E-state index in [2.05, 4.69) is 6.92 Å². The fourth-order valence-corrected chi connectivity index (χ4v) is 5.73. The van der Waals surface area contributed by atoms with Crippen molar-refractivity contribution in [3.63, 3.8) is 0 Å². The highest BCUT2D eigenvalue weighted by atomic mass is 35.5. The number of hydrogen-bond acceptors (Lipinski definition) is 2. The summed E-state index contributed by atoms with van der Waals surface area (Å²) in [6, 6.07) is 0.157. The van der Waals surface area contributed by atoms with Gasteiger partial charge in [0.1, 0.15) is 0 Å². The number of alkyl halides is 1. The molecule has 118 valence electrons. The molecule has 2 fully saturated rings. The molecule has 1 saturated heterocycles. The van der Waals surface area contributed by atoms with Crippen LogP contribution >= 0.6 is 11.6 Å². The van der Waals surface area contributed by atoms with E-state index in [1.165, 1.54) is 6.42 Å². The molecule has 0 bridgehead atoms. The van der Waals surface area contributed by atoms with Gasteiger partial charge in [0.25, 0.3) is 10.2 Å². The molecule has 0 aromatic heterocycles. The molecule has 1 aliphatic heterocycles. The van der Waals surface area contributed by atoms with Crippen LogP contribution in [0.2, 0.25) is 0 Å². The van der Waals surface area contributed by atoms with Crippen LogP contribution in [0, 0.1) is 5.92 Å². The Hall–Kier alpha value is 0.160. The van der Waals surface area contributed by atoms with E-state index in [4.69, 9.17) is 11.6 Å². The van der Waals surface area contributed by atoms with Gasteiger partial charge >= 0.3 is 0 Å². The second kappa shape index (κ2) is 7.43. The molecule has 0 N–H and O–H groups in total. The Balaban J connectivity index is 2.13. The summed E-state index contributed by atoms with van der Waals surface area (Å²) >= 11 is 5.86. The van der Waals surface area contributed by atoms with Crippen molar-refractivity contribution in [2.45, 2.75) is 57.9 Å². The SMILES string of the molecule is CC1CCCN(S(=O)(=O)N(CCCl)C2CCCCC2)C1. The molecule has 2 aliphatic rings. The van der Waals surface area contributed by atoms with Crippen molar-refractivity contribution in [1.82, 2.24) is 8.61 Å². The highest BCUT2D eigenvalue weighted by molar-refractivity contribution is 7.86. The minimum atomic E-state index is -3.34. The Morgan fingerprint density at radius 3 is 2.45 bits per heavy atom. The zero-order valence-electron chi connectivity index (χ0n) is 12.4. The molecule has 2 rings (SSSR count). The highest BCUT2D eigenvalue weighted by Crippen LogP contribution is 2.28. The Labute approximate surface area is 128 Å². The van der Waals surface area contributed by atoms with E-state index in [9.17, 15) is 8.42 Å². The van der Waals surface area contributed by atoms with E-state index < -0.39 is 10.2 Å². The maximum absolute atomic E-state index is 12.9. The number of rotatable bonds is 5. The second-order valence-corrected chi connectivity index (χ2v) is 8.46. The lowest BCUT2D eigenvalue weighted by Gasteiger charge is -2.39. The summed E-state index contributed by atoms with van der Waals surface area (Å²) < 4.78 is 29.2. The minimum absolute atomic E-state index is 0.157. The molecule has 1 atom stereocenters. The fourth-order valence-electron chi connectivity index (χ4n) is 3.44. The molecule has 6 heteroatoms. The van der Waals surface area contributed by atoms with Gasteiger partial charge in [-0.2, -0.15) is 17.0 Å². The van der Waals surface area contributed by atoms with Crippen molar-refractivity contribution in [2.24, 2.45) is 5.92 Å². The Morgan fingerprint density at radius 1 is 1.15 bits per heavy atom. The summed E-state index contributed by atoms with van der Waals surface area (Å²) in [4.78, 5) is 0. The number of halogens is 1. The first-order valence-corrected chi connectivity index (χ1v) is 9.81. The minimum Gasteiger partial charge on any atom is -0.195 e. The average Bonchev–Trinajstić information content (AvgIpc) is 2.45. The van der Waals surface area contributed by atoms with Crippen molar-refractivity contribution in [3.05, 3.63) is 0 Å². The molecule has 20 heavy (non-hydrogen) atoms. The molecular formula is C14H27ClN2O2S. The fraction of sp³-hybridized carbons (Fsp3) is 1.00. The van der Waals surface area contributed by atoms with Gasteiger partial charge < -0.3 is 0 Å². The third-order valence-electron chi connectivity index (χ3n) is 4.53. The van der Waals surface area contributed by atoms with Gasteiger partial charge in [-0.3, -0.25) is 0 Å². The molecule has 1 heterocycles. The van der Waals surface area contributed by atoms with Crippen LogP contribution in [-0.2, 0) is 10.2 Å². The summed E-state index contributed by atoms with van der Waals surface area (Å²) in [6.45, 7) is 3.90. The van der Waals surface area contributed by atoms with E-state index in [0.717, 1.165) is 38.5 Å². The van der Waals surface area contributed by atoms with Gasteiger partial charge in [-0.25, -0.2) is 0 Å². The van der Waals surface area contributed by atoms with Gasteiger partial charge in [0.2, 0.25) is 0 Å². The Morgan fingerprint density at radius 2 is 1.85 bits per heavy atom. The number of piperidine rings is 1. The zero-order chi connectivity index (χ0) is 14.6. The van der Waals surface area contributed by atoms with Crippen molar-refractivity contribution in [1.29, 1.82) is 0 Å². The predicted octanol–water partition coefficient (Wildman–Crippen LogP) is 2.84. The monoisotopic (exact) mass is 322 g/mol. The first-order chi connectivity index (χ1) is 9.55. The van der Waals surface area contributed by atoms with E-state index in [1.54, 1.807) is 8.61 Å². The topological polar surface area (TPSA) is 40.6 Å². The summed E-state index contributed by atoms with van der Waals surface area (Å²) in [5, 5.41) is 0. The third kappa shape index (κ3) is 3.87. The number of hydrogen-bond donors (Lipinski definition) is 0. The summed E-state index contributed by atoms with van der Waals surface area (Å²) in [7, 11) is -3.34. The van der Waals surface area contributed by atoms with Crippen LogP contribution < -0.4 is 0 Å². The summed E-state index contributed by atoms with van der Waals surface area (Å²) in [5.74, 6) is 0.835. The van der Waals surface area contributed by atoms with Crippen molar-refractivity contribution in [2.75, 3.05) is 25.5 Å². The molecule has 0 radical (unpaired) electrons. The molecule has 4 nitrogen and oxygen atoms in total. The van der Waals surface area contributed by atoms with Crippen LogP contribution in [0.4, 0.5) is 0 Å². The van der Waals surface area contributed by atoms with Crippen LogP contribution in [0.3, 0.4) is 0 Å². The van der Waals surface area contributed by atoms with Gasteiger partial charge in [-0.1, -0.05) is 26.2 Å². The van der Waals surface area contributed by atoms with Gasteiger partial charge in [0.15, 0.2) is 0 Å². The molecule has 1 saturated carbocycles. The van der Waals surface area contributed by atoms with Crippen LogP contribution in [0.25, 0.3) is 0 Å². The molecule has 1 unspecified atom stereocenters. The maximum atomic E-state index is 12.9. The number of nitrogens with zero attached hydrogens (tertiary/aromatic N) is 2. The van der Waals surface area contributed by atoms with Gasteiger partial charge in [0.05, 0.1) is 0 Å². The largest absolute Gasteiger partial charge is 0.282 e. The Kier molecular flexibility index (Phi) is 6.14. The third-order valence-corrected chi connectivity index (χ3v) is 6.76. The molecule has 0 amide bonds. The van der Waals surface area contributed by atoms with Gasteiger partial charge in [-0.15, -0.1) is 11.6 Å². The second-order valence-electron chi connectivity index (χ2n) is 6.20. The lowest BCUT2D eigenvalue weighted by Crippen LogP contribution is -2.52. The first kappa shape index (κ1) is 16.5. The maximum Gasteiger partial charge on any atom is 0.282 e. The lowest BCUT2D eigenvalue weighted by molar-refractivity contribution is 0.218. The van der Waals surface area contributed by atoms with Crippen molar-refractivity contribution >= 4 is 21.8 Å². The Bertz CT molecular complexity index is 396. The van der Waals surface area contributed by atoms with E-state index in [1.807, 2.05) is 0 Å².